The Kier molecular flexibility index (Phi) is 5.76. The van der Waals surface area contributed by atoms with E-state index < -0.39 is 5.97 Å². The maximum absolute atomic E-state index is 11.6. The molecule has 0 saturated carbocycles. The summed E-state index contributed by atoms with van der Waals surface area (Å²) in [7, 11) is 0. The molecule has 0 aromatic carbocycles. The fourth-order valence-electron chi connectivity index (χ4n) is 1.78. The van der Waals surface area contributed by atoms with Crippen molar-refractivity contribution in [2.75, 3.05) is 19.6 Å². The molecule has 17 heavy (non-hydrogen) atoms. The second-order valence-electron chi connectivity index (χ2n) is 4.30. The highest BCUT2D eigenvalue weighted by molar-refractivity contribution is 5.74. The minimum absolute atomic E-state index is 0.118. The van der Waals surface area contributed by atoms with Gasteiger partial charge in [0.25, 0.3) is 0 Å². The molecule has 6 nitrogen and oxygen atoms in total. The summed E-state index contributed by atoms with van der Waals surface area (Å²) < 4.78 is 0. The first-order chi connectivity index (χ1) is 8.09. The number of likely N-dealkylation sites (tertiary alicyclic amines) is 1. The molecule has 0 aliphatic carbocycles. The number of nitrogens with zero attached hydrogens (tertiary/aromatic N) is 1. The van der Waals surface area contributed by atoms with Crippen LogP contribution in [0.25, 0.3) is 0 Å². The van der Waals surface area contributed by atoms with Crippen molar-refractivity contribution in [1.82, 2.24) is 10.2 Å². The Labute approximate surface area is 101 Å². The number of piperidine rings is 1. The van der Waals surface area contributed by atoms with E-state index in [1.54, 1.807) is 4.90 Å². The zero-order valence-corrected chi connectivity index (χ0v) is 9.89. The van der Waals surface area contributed by atoms with Gasteiger partial charge in [0, 0.05) is 26.1 Å². The fraction of sp³-hybridized carbons (Fsp3) is 0.818. The lowest BCUT2D eigenvalue weighted by atomic mass is 10.1. The third-order valence-electron chi connectivity index (χ3n) is 2.85. The SMILES string of the molecule is O=C(O)CCCCNC(=O)N1CCC(O)CC1. The monoisotopic (exact) mass is 244 g/mol. The van der Waals surface area contributed by atoms with Crippen LogP contribution in [0.3, 0.4) is 0 Å². The van der Waals surface area contributed by atoms with Crippen LogP contribution >= 0.6 is 0 Å². The topological polar surface area (TPSA) is 89.9 Å². The molecule has 0 aromatic heterocycles. The van der Waals surface area contributed by atoms with Crippen molar-refractivity contribution < 1.29 is 19.8 Å². The fourth-order valence-corrected chi connectivity index (χ4v) is 1.78. The lowest BCUT2D eigenvalue weighted by molar-refractivity contribution is -0.137. The number of carbonyl (C=O) groups is 2. The van der Waals surface area contributed by atoms with E-state index in [2.05, 4.69) is 5.32 Å². The molecular weight excluding hydrogens is 224 g/mol. The number of aliphatic hydroxyl groups is 1. The Morgan fingerprint density at radius 2 is 1.88 bits per heavy atom. The number of amides is 2. The Bertz CT molecular complexity index is 262. The zero-order valence-electron chi connectivity index (χ0n) is 9.89. The minimum Gasteiger partial charge on any atom is -0.481 e. The molecule has 0 aromatic rings. The van der Waals surface area contributed by atoms with Gasteiger partial charge in [0.05, 0.1) is 6.10 Å². The number of aliphatic carboxylic acids is 1. The molecule has 6 heteroatoms. The first-order valence-corrected chi connectivity index (χ1v) is 6.02. The lowest BCUT2D eigenvalue weighted by Gasteiger charge is -2.29. The van der Waals surface area contributed by atoms with Crippen molar-refractivity contribution in [1.29, 1.82) is 0 Å². The van der Waals surface area contributed by atoms with Gasteiger partial charge in [0.2, 0.25) is 0 Å². The van der Waals surface area contributed by atoms with Crippen molar-refractivity contribution in [2.45, 2.75) is 38.2 Å². The summed E-state index contributed by atoms with van der Waals surface area (Å²) in [5.74, 6) is -0.804. The number of aliphatic hydroxyl groups excluding tert-OH is 1. The molecule has 1 fully saturated rings. The van der Waals surface area contributed by atoms with Crippen LogP contribution < -0.4 is 5.32 Å². The maximum atomic E-state index is 11.6. The molecule has 0 unspecified atom stereocenters. The summed E-state index contributed by atoms with van der Waals surface area (Å²) in [6.45, 7) is 1.68. The Hall–Kier alpha value is -1.30. The second-order valence-corrected chi connectivity index (χ2v) is 4.30. The molecule has 1 aliphatic heterocycles. The number of rotatable bonds is 5. The quantitative estimate of drug-likeness (QED) is 0.611. The summed E-state index contributed by atoms with van der Waals surface area (Å²) in [5.41, 5.74) is 0. The predicted octanol–water partition coefficient (Wildman–Crippen LogP) is 0.408. The van der Waals surface area contributed by atoms with Gasteiger partial charge in [0.1, 0.15) is 0 Å². The van der Waals surface area contributed by atoms with Gasteiger partial charge >= 0.3 is 12.0 Å². The van der Waals surface area contributed by atoms with Crippen LogP contribution in [-0.4, -0.2) is 52.9 Å². The van der Waals surface area contributed by atoms with E-state index in [1.807, 2.05) is 0 Å². The van der Waals surface area contributed by atoms with E-state index in [-0.39, 0.29) is 18.6 Å². The summed E-state index contributed by atoms with van der Waals surface area (Å²) in [5, 5.41) is 20.5. The lowest BCUT2D eigenvalue weighted by Crippen LogP contribution is -2.45. The maximum Gasteiger partial charge on any atom is 0.317 e. The Balaban J connectivity index is 2.06. The van der Waals surface area contributed by atoms with Gasteiger partial charge in [-0.05, 0) is 25.7 Å². The zero-order chi connectivity index (χ0) is 12.7. The molecule has 1 saturated heterocycles. The molecule has 1 rings (SSSR count). The van der Waals surface area contributed by atoms with Crippen LogP contribution in [0.1, 0.15) is 32.1 Å². The van der Waals surface area contributed by atoms with Crippen LogP contribution in [-0.2, 0) is 4.79 Å². The highest BCUT2D eigenvalue weighted by atomic mass is 16.4. The summed E-state index contributed by atoms with van der Waals surface area (Å²) in [6.07, 6.45) is 2.38. The number of carboxylic acid groups (broad SMARTS) is 1. The molecule has 98 valence electrons. The number of hydrogen-bond acceptors (Lipinski definition) is 3. The standard InChI is InChI=1S/C11H20N2O4/c14-9-4-7-13(8-5-9)11(17)12-6-2-1-3-10(15)16/h9,14H,1-8H2,(H,12,17)(H,15,16). The van der Waals surface area contributed by atoms with E-state index in [0.29, 0.717) is 45.3 Å². The molecule has 2 amide bonds. The Morgan fingerprint density at radius 3 is 2.47 bits per heavy atom. The predicted molar refractivity (Wildman–Crippen MR) is 61.7 cm³/mol. The van der Waals surface area contributed by atoms with Gasteiger partial charge in [-0.1, -0.05) is 0 Å². The van der Waals surface area contributed by atoms with Gasteiger partial charge in [-0.3, -0.25) is 4.79 Å². The van der Waals surface area contributed by atoms with Gasteiger partial charge in [0.15, 0.2) is 0 Å². The van der Waals surface area contributed by atoms with Crippen LogP contribution in [0.5, 0.6) is 0 Å². The molecule has 0 atom stereocenters. The van der Waals surface area contributed by atoms with E-state index >= 15 is 0 Å². The van der Waals surface area contributed by atoms with Crippen molar-refractivity contribution in [3.05, 3.63) is 0 Å². The second kappa shape index (κ2) is 7.11. The number of carbonyl (C=O) groups excluding carboxylic acids is 1. The molecule has 0 radical (unpaired) electrons. The average molecular weight is 244 g/mol. The Morgan fingerprint density at radius 1 is 1.24 bits per heavy atom. The molecule has 3 N–H and O–H groups in total. The number of unbranched alkanes of at least 4 members (excludes halogenated alkanes) is 1. The number of nitrogens with one attached hydrogen (secondary N) is 1. The summed E-state index contributed by atoms with van der Waals surface area (Å²) in [4.78, 5) is 23.6. The number of hydrogen-bond donors (Lipinski definition) is 3. The van der Waals surface area contributed by atoms with Crippen molar-refractivity contribution in [2.24, 2.45) is 0 Å². The van der Waals surface area contributed by atoms with E-state index in [0.717, 1.165) is 0 Å². The van der Waals surface area contributed by atoms with Gasteiger partial charge in [-0.2, -0.15) is 0 Å². The molecule has 0 spiro atoms. The van der Waals surface area contributed by atoms with Crippen LogP contribution in [0.4, 0.5) is 4.79 Å². The molecule has 1 aliphatic rings. The van der Waals surface area contributed by atoms with Crippen LogP contribution in [0, 0.1) is 0 Å². The normalized spacial score (nSPS) is 16.9. The molecule has 1 heterocycles. The van der Waals surface area contributed by atoms with Gasteiger partial charge in [-0.25, -0.2) is 4.79 Å². The first-order valence-electron chi connectivity index (χ1n) is 6.02. The van der Waals surface area contributed by atoms with E-state index in [4.69, 9.17) is 5.11 Å². The third-order valence-corrected chi connectivity index (χ3v) is 2.85. The smallest absolute Gasteiger partial charge is 0.317 e. The minimum atomic E-state index is -0.804. The van der Waals surface area contributed by atoms with Crippen molar-refractivity contribution in [3.63, 3.8) is 0 Å². The van der Waals surface area contributed by atoms with Gasteiger partial charge < -0.3 is 20.4 Å². The van der Waals surface area contributed by atoms with Crippen LogP contribution in [0.15, 0.2) is 0 Å². The van der Waals surface area contributed by atoms with Crippen LogP contribution in [0.2, 0.25) is 0 Å². The first kappa shape index (κ1) is 13.8. The van der Waals surface area contributed by atoms with E-state index in [9.17, 15) is 14.7 Å². The highest BCUT2D eigenvalue weighted by Gasteiger charge is 2.20. The number of carboxylic acids is 1. The van der Waals surface area contributed by atoms with Gasteiger partial charge in [-0.15, -0.1) is 0 Å². The van der Waals surface area contributed by atoms with Crippen molar-refractivity contribution >= 4 is 12.0 Å². The molecular formula is C11H20N2O4. The average Bonchev–Trinajstić information content (AvgIpc) is 2.29. The molecule has 0 bridgehead atoms. The van der Waals surface area contributed by atoms with Crippen molar-refractivity contribution in [3.8, 4) is 0 Å². The summed E-state index contributed by atoms with van der Waals surface area (Å²) >= 11 is 0. The largest absolute Gasteiger partial charge is 0.481 e. The highest BCUT2D eigenvalue weighted by Crippen LogP contribution is 2.09. The van der Waals surface area contributed by atoms with E-state index in [1.165, 1.54) is 0 Å². The number of urea groups is 1. The third kappa shape index (κ3) is 5.53. The summed E-state index contributed by atoms with van der Waals surface area (Å²) in [6, 6.07) is -0.118.